The summed E-state index contributed by atoms with van der Waals surface area (Å²) in [5, 5.41) is 4.51. The lowest BCUT2D eigenvalue weighted by Gasteiger charge is -2.32. The number of carbonyl (C=O) groups excluding carboxylic acids is 1. The normalized spacial score (nSPS) is 15.4. The fraction of sp³-hybridized carbons (Fsp3) is 0.474. The molecule has 0 unspecified atom stereocenters. The number of nitrogens with zero attached hydrogens (tertiary/aromatic N) is 4. The maximum Gasteiger partial charge on any atom is 0.257 e. The Hall–Kier alpha value is -2.34. The lowest BCUT2D eigenvalue weighted by Crippen LogP contribution is -2.47. The van der Waals surface area contributed by atoms with E-state index in [1.54, 1.807) is 13.3 Å². The Bertz CT molecular complexity index is 716. The standard InChI is InChI=1S/C19H26N4O2/c1-4-5-18-17(19(24)22-12-10-21(2)11-13-22)14-20-23(18)15-6-8-16(25-3)9-7-15/h6-9,14H,4-5,10-13H2,1-3H3. The molecule has 0 saturated carbocycles. The lowest BCUT2D eigenvalue weighted by atomic mass is 10.1. The second-order valence-electron chi connectivity index (χ2n) is 6.46. The van der Waals surface area contributed by atoms with Crippen molar-refractivity contribution in [3.05, 3.63) is 41.7 Å². The first-order chi connectivity index (χ1) is 12.1. The van der Waals surface area contributed by atoms with Crippen molar-refractivity contribution in [2.75, 3.05) is 40.3 Å². The van der Waals surface area contributed by atoms with Gasteiger partial charge in [-0.3, -0.25) is 4.79 Å². The predicted octanol–water partition coefficient (Wildman–Crippen LogP) is 2.22. The summed E-state index contributed by atoms with van der Waals surface area (Å²) in [5.74, 6) is 0.901. The molecule has 0 spiro atoms. The molecule has 1 aromatic carbocycles. The summed E-state index contributed by atoms with van der Waals surface area (Å²) in [6, 6.07) is 7.76. The number of benzene rings is 1. The van der Waals surface area contributed by atoms with Crippen LogP contribution < -0.4 is 4.74 Å². The summed E-state index contributed by atoms with van der Waals surface area (Å²) in [5.41, 5.74) is 2.65. The highest BCUT2D eigenvalue weighted by Gasteiger charge is 2.25. The van der Waals surface area contributed by atoms with E-state index in [9.17, 15) is 4.79 Å². The zero-order chi connectivity index (χ0) is 17.8. The number of methoxy groups -OCH3 is 1. The molecule has 1 aromatic heterocycles. The van der Waals surface area contributed by atoms with Crippen LogP contribution in [0.15, 0.2) is 30.5 Å². The van der Waals surface area contributed by atoms with Crippen LogP contribution in [0, 0.1) is 0 Å². The Balaban J connectivity index is 1.89. The lowest BCUT2D eigenvalue weighted by molar-refractivity contribution is 0.0663. The average Bonchev–Trinajstić information content (AvgIpc) is 3.06. The number of likely N-dealkylation sites (N-methyl/N-ethyl adjacent to an activating group) is 1. The molecule has 1 aliphatic rings. The van der Waals surface area contributed by atoms with Gasteiger partial charge in [0.2, 0.25) is 0 Å². The van der Waals surface area contributed by atoms with Crippen LogP contribution in [0.2, 0.25) is 0 Å². The Morgan fingerprint density at radius 1 is 1.16 bits per heavy atom. The van der Waals surface area contributed by atoms with Crippen LogP contribution in [-0.4, -0.2) is 65.8 Å². The van der Waals surface area contributed by atoms with Gasteiger partial charge in [-0.05, 0) is 37.7 Å². The molecule has 0 N–H and O–H groups in total. The van der Waals surface area contributed by atoms with Gasteiger partial charge in [0, 0.05) is 26.2 Å². The molecule has 1 fully saturated rings. The molecule has 0 aliphatic carbocycles. The van der Waals surface area contributed by atoms with Gasteiger partial charge in [0.25, 0.3) is 5.91 Å². The van der Waals surface area contributed by atoms with Gasteiger partial charge < -0.3 is 14.5 Å². The van der Waals surface area contributed by atoms with Crippen molar-refractivity contribution in [1.82, 2.24) is 19.6 Å². The van der Waals surface area contributed by atoms with Gasteiger partial charge in [-0.1, -0.05) is 13.3 Å². The molecule has 0 bridgehead atoms. The summed E-state index contributed by atoms with van der Waals surface area (Å²) in [6.07, 6.45) is 3.50. The Morgan fingerprint density at radius 2 is 1.84 bits per heavy atom. The van der Waals surface area contributed by atoms with Crippen molar-refractivity contribution in [3.63, 3.8) is 0 Å². The number of aromatic nitrogens is 2. The van der Waals surface area contributed by atoms with Gasteiger partial charge in [0.15, 0.2) is 0 Å². The topological polar surface area (TPSA) is 50.6 Å². The minimum atomic E-state index is 0.0938. The molecule has 1 saturated heterocycles. The molecule has 0 atom stereocenters. The van der Waals surface area contributed by atoms with Crippen LogP contribution >= 0.6 is 0 Å². The highest BCUT2D eigenvalue weighted by molar-refractivity contribution is 5.95. The Morgan fingerprint density at radius 3 is 2.44 bits per heavy atom. The fourth-order valence-electron chi connectivity index (χ4n) is 3.16. The van der Waals surface area contributed by atoms with E-state index in [2.05, 4.69) is 24.0 Å². The third-order valence-electron chi connectivity index (χ3n) is 4.69. The maximum atomic E-state index is 13.0. The predicted molar refractivity (Wildman–Crippen MR) is 97.5 cm³/mol. The van der Waals surface area contributed by atoms with E-state index in [-0.39, 0.29) is 5.91 Å². The number of hydrogen-bond donors (Lipinski definition) is 0. The van der Waals surface area contributed by atoms with Crippen molar-refractivity contribution < 1.29 is 9.53 Å². The summed E-state index contributed by atoms with van der Waals surface area (Å²) in [6.45, 7) is 5.50. The molecule has 2 heterocycles. The van der Waals surface area contributed by atoms with Gasteiger partial charge in [-0.15, -0.1) is 0 Å². The van der Waals surface area contributed by atoms with E-state index in [4.69, 9.17) is 4.74 Å². The Kier molecular flexibility index (Phi) is 5.38. The molecule has 134 valence electrons. The summed E-state index contributed by atoms with van der Waals surface area (Å²) in [4.78, 5) is 17.2. The zero-order valence-electron chi connectivity index (χ0n) is 15.2. The van der Waals surface area contributed by atoms with Crippen LogP contribution in [-0.2, 0) is 6.42 Å². The molecule has 3 rings (SSSR count). The SMILES string of the molecule is CCCc1c(C(=O)N2CCN(C)CC2)cnn1-c1ccc(OC)cc1. The second kappa shape index (κ2) is 7.70. The first-order valence-corrected chi connectivity index (χ1v) is 8.83. The van der Waals surface area contributed by atoms with Crippen molar-refractivity contribution in [1.29, 1.82) is 0 Å². The van der Waals surface area contributed by atoms with E-state index in [1.165, 1.54) is 0 Å². The van der Waals surface area contributed by atoms with E-state index in [0.717, 1.165) is 61.7 Å². The third-order valence-corrected chi connectivity index (χ3v) is 4.69. The molecule has 1 aliphatic heterocycles. The molecule has 0 radical (unpaired) electrons. The first kappa shape index (κ1) is 17.5. The van der Waals surface area contributed by atoms with Crippen molar-refractivity contribution in [2.24, 2.45) is 0 Å². The minimum absolute atomic E-state index is 0.0938. The van der Waals surface area contributed by atoms with Crippen LogP contribution in [0.4, 0.5) is 0 Å². The largest absolute Gasteiger partial charge is 0.497 e. The van der Waals surface area contributed by atoms with E-state index in [0.29, 0.717) is 0 Å². The maximum absolute atomic E-state index is 13.0. The molecular weight excluding hydrogens is 316 g/mol. The smallest absolute Gasteiger partial charge is 0.257 e. The summed E-state index contributed by atoms with van der Waals surface area (Å²) < 4.78 is 7.10. The van der Waals surface area contributed by atoms with Crippen molar-refractivity contribution in [2.45, 2.75) is 19.8 Å². The van der Waals surface area contributed by atoms with E-state index >= 15 is 0 Å². The van der Waals surface area contributed by atoms with Crippen molar-refractivity contribution >= 4 is 5.91 Å². The molecule has 6 nitrogen and oxygen atoms in total. The van der Waals surface area contributed by atoms with Gasteiger partial charge >= 0.3 is 0 Å². The number of amides is 1. The Labute approximate surface area is 149 Å². The number of piperazine rings is 1. The summed E-state index contributed by atoms with van der Waals surface area (Å²) >= 11 is 0. The molecule has 6 heteroatoms. The van der Waals surface area contributed by atoms with Gasteiger partial charge in [0.1, 0.15) is 5.75 Å². The van der Waals surface area contributed by atoms with Gasteiger partial charge in [-0.2, -0.15) is 5.10 Å². The molecule has 25 heavy (non-hydrogen) atoms. The van der Waals surface area contributed by atoms with E-state index in [1.807, 2.05) is 33.8 Å². The van der Waals surface area contributed by atoms with Crippen LogP contribution in [0.3, 0.4) is 0 Å². The molecule has 1 amide bonds. The van der Waals surface area contributed by atoms with Crippen LogP contribution in [0.1, 0.15) is 29.4 Å². The van der Waals surface area contributed by atoms with Gasteiger partial charge in [-0.25, -0.2) is 4.68 Å². The number of hydrogen-bond acceptors (Lipinski definition) is 4. The molecular formula is C19H26N4O2. The summed E-state index contributed by atoms with van der Waals surface area (Å²) in [7, 11) is 3.74. The quantitative estimate of drug-likeness (QED) is 0.836. The zero-order valence-corrected chi connectivity index (χ0v) is 15.2. The fourth-order valence-corrected chi connectivity index (χ4v) is 3.16. The minimum Gasteiger partial charge on any atom is -0.497 e. The first-order valence-electron chi connectivity index (χ1n) is 8.83. The monoisotopic (exact) mass is 342 g/mol. The van der Waals surface area contributed by atoms with E-state index < -0.39 is 0 Å². The number of ether oxygens (including phenoxy) is 1. The van der Waals surface area contributed by atoms with Crippen molar-refractivity contribution in [3.8, 4) is 11.4 Å². The third kappa shape index (κ3) is 3.69. The van der Waals surface area contributed by atoms with Gasteiger partial charge in [0.05, 0.1) is 30.3 Å². The highest BCUT2D eigenvalue weighted by atomic mass is 16.5. The second-order valence-corrected chi connectivity index (χ2v) is 6.46. The number of carbonyl (C=O) groups is 1. The highest BCUT2D eigenvalue weighted by Crippen LogP contribution is 2.21. The van der Waals surface area contributed by atoms with Crippen LogP contribution in [0.25, 0.3) is 5.69 Å². The average molecular weight is 342 g/mol. The van der Waals surface area contributed by atoms with Crippen LogP contribution in [0.5, 0.6) is 5.75 Å². The molecule has 2 aromatic rings. The number of rotatable bonds is 5.